The Morgan fingerprint density at radius 2 is 1.82 bits per heavy atom. The molecule has 0 saturated carbocycles. The second-order valence-corrected chi connectivity index (χ2v) is 10.3. The maximum absolute atomic E-state index is 14.0. The van der Waals surface area contributed by atoms with Crippen LogP contribution in [0.2, 0.25) is 0 Å². The van der Waals surface area contributed by atoms with Gasteiger partial charge in [0.05, 0.1) is 0 Å². The summed E-state index contributed by atoms with van der Waals surface area (Å²) in [6.45, 7) is 6.33. The van der Waals surface area contributed by atoms with Crippen LogP contribution >= 0.6 is 0 Å². The zero-order chi connectivity index (χ0) is 28.9. The number of aromatic hydroxyl groups is 1. The van der Waals surface area contributed by atoms with E-state index in [0.717, 1.165) is 11.6 Å². The molecule has 0 radical (unpaired) electrons. The van der Waals surface area contributed by atoms with Crippen molar-refractivity contribution in [1.29, 1.82) is 0 Å². The van der Waals surface area contributed by atoms with Crippen molar-refractivity contribution >= 4 is 17.5 Å². The number of nitrogens with zero attached hydrogens (tertiary/aromatic N) is 3. The highest BCUT2D eigenvalue weighted by Crippen LogP contribution is 2.32. The smallest absolute Gasteiger partial charge is 0.283 e. The SMILES string of the molecule is CC(C)(C)c1ccc(N(C(=O)c2n[nH]c(=O)cc2O)C(C(=O)NCCc2cccc(F)c2)c2cccnc2)cc1. The molecule has 4 rings (SSSR count). The van der Waals surface area contributed by atoms with E-state index in [4.69, 9.17) is 0 Å². The standard InChI is InChI=1S/C30H30FN5O4/c1-30(2,3)21-9-11-23(12-10-21)36(29(40)26-24(37)17-25(38)34-35-26)27(20-7-5-14-32-18-20)28(39)33-15-13-19-6-4-8-22(31)16-19/h4-12,14,16-18,27H,13,15H2,1-3H3,(H,33,39)(H2,34,37,38). The van der Waals surface area contributed by atoms with Crippen LogP contribution in [0, 0.1) is 5.82 Å². The van der Waals surface area contributed by atoms with E-state index in [1.165, 1.54) is 23.2 Å². The molecule has 40 heavy (non-hydrogen) atoms. The van der Waals surface area contributed by atoms with Crippen LogP contribution in [0.25, 0.3) is 0 Å². The van der Waals surface area contributed by atoms with E-state index in [1.807, 2.05) is 12.1 Å². The number of aromatic nitrogens is 3. The largest absolute Gasteiger partial charge is 0.505 e. The topological polar surface area (TPSA) is 128 Å². The number of anilines is 1. The van der Waals surface area contributed by atoms with Crippen LogP contribution in [0.4, 0.5) is 10.1 Å². The Labute approximate surface area is 230 Å². The minimum absolute atomic E-state index is 0.164. The lowest BCUT2D eigenvalue weighted by Gasteiger charge is -2.31. The molecule has 0 aliphatic carbocycles. The number of carbonyl (C=O) groups is 2. The molecule has 2 amide bonds. The van der Waals surface area contributed by atoms with Crippen LogP contribution in [0.1, 0.15) is 54.0 Å². The zero-order valence-electron chi connectivity index (χ0n) is 22.4. The van der Waals surface area contributed by atoms with E-state index in [-0.39, 0.29) is 17.8 Å². The molecular weight excluding hydrogens is 513 g/mol. The van der Waals surface area contributed by atoms with Gasteiger partial charge in [-0.25, -0.2) is 9.49 Å². The number of halogens is 1. The fourth-order valence-electron chi connectivity index (χ4n) is 4.24. The van der Waals surface area contributed by atoms with Crippen molar-refractivity contribution in [3.8, 4) is 5.75 Å². The highest BCUT2D eigenvalue weighted by Gasteiger charge is 2.35. The normalized spacial score (nSPS) is 12.0. The molecule has 1 unspecified atom stereocenters. The monoisotopic (exact) mass is 543 g/mol. The minimum Gasteiger partial charge on any atom is -0.505 e. The zero-order valence-corrected chi connectivity index (χ0v) is 22.4. The van der Waals surface area contributed by atoms with Crippen LogP contribution in [-0.2, 0) is 16.6 Å². The fraction of sp³-hybridized carbons (Fsp3) is 0.233. The van der Waals surface area contributed by atoms with Crippen molar-refractivity contribution < 1.29 is 19.1 Å². The Balaban J connectivity index is 1.76. The highest BCUT2D eigenvalue weighted by atomic mass is 19.1. The molecule has 0 aliphatic rings. The summed E-state index contributed by atoms with van der Waals surface area (Å²) in [5.41, 5.74) is 1.19. The summed E-state index contributed by atoms with van der Waals surface area (Å²) < 4.78 is 13.6. The third-order valence-electron chi connectivity index (χ3n) is 6.33. The van der Waals surface area contributed by atoms with Crippen molar-refractivity contribution in [2.75, 3.05) is 11.4 Å². The number of H-pyrrole nitrogens is 1. The first-order valence-electron chi connectivity index (χ1n) is 12.7. The predicted molar refractivity (Wildman–Crippen MR) is 149 cm³/mol. The van der Waals surface area contributed by atoms with Gasteiger partial charge >= 0.3 is 0 Å². The Kier molecular flexibility index (Phi) is 8.37. The van der Waals surface area contributed by atoms with Gasteiger partial charge in [0.2, 0.25) is 5.91 Å². The van der Waals surface area contributed by atoms with Crippen molar-refractivity contribution in [2.45, 2.75) is 38.6 Å². The summed E-state index contributed by atoms with van der Waals surface area (Å²) in [5.74, 6) is -2.34. The molecule has 0 spiro atoms. The van der Waals surface area contributed by atoms with E-state index < -0.39 is 34.9 Å². The number of hydrogen-bond donors (Lipinski definition) is 3. The maximum Gasteiger partial charge on any atom is 0.283 e. The maximum atomic E-state index is 14.0. The van der Waals surface area contributed by atoms with Gasteiger partial charge in [0, 0.05) is 36.3 Å². The molecule has 10 heteroatoms. The first kappa shape index (κ1) is 28.2. The van der Waals surface area contributed by atoms with Crippen LogP contribution in [-0.4, -0.2) is 38.6 Å². The molecule has 9 nitrogen and oxygen atoms in total. The molecule has 206 valence electrons. The molecule has 0 aliphatic heterocycles. The number of hydrogen-bond acceptors (Lipinski definition) is 6. The van der Waals surface area contributed by atoms with Crippen molar-refractivity contribution in [2.24, 2.45) is 0 Å². The fourth-order valence-corrected chi connectivity index (χ4v) is 4.24. The Morgan fingerprint density at radius 1 is 1.07 bits per heavy atom. The summed E-state index contributed by atoms with van der Waals surface area (Å²) in [7, 11) is 0. The second kappa shape index (κ2) is 11.9. The Morgan fingerprint density at radius 3 is 2.45 bits per heavy atom. The number of carbonyl (C=O) groups excluding carboxylic acids is 2. The van der Waals surface area contributed by atoms with E-state index in [0.29, 0.717) is 23.2 Å². The van der Waals surface area contributed by atoms with Crippen LogP contribution in [0.15, 0.2) is 83.9 Å². The van der Waals surface area contributed by atoms with Gasteiger partial charge in [-0.2, -0.15) is 5.10 Å². The van der Waals surface area contributed by atoms with Gasteiger partial charge in [0.1, 0.15) is 11.9 Å². The number of benzene rings is 2. The number of aromatic amines is 1. The van der Waals surface area contributed by atoms with Gasteiger partial charge in [-0.15, -0.1) is 0 Å². The molecule has 1 atom stereocenters. The van der Waals surface area contributed by atoms with Gasteiger partial charge < -0.3 is 10.4 Å². The lowest BCUT2D eigenvalue weighted by atomic mass is 9.87. The van der Waals surface area contributed by atoms with Crippen molar-refractivity contribution in [3.05, 3.63) is 118 Å². The molecule has 0 bridgehead atoms. The predicted octanol–water partition coefficient (Wildman–Crippen LogP) is 4.05. The number of nitrogens with one attached hydrogen (secondary N) is 2. The van der Waals surface area contributed by atoms with Crippen LogP contribution in [0.3, 0.4) is 0 Å². The van der Waals surface area contributed by atoms with Crippen LogP contribution in [0.5, 0.6) is 5.75 Å². The van der Waals surface area contributed by atoms with Gasteiger partial charge in [-0.3, -0.25) is 24.3 Å². The average molecular weight is 544 g/mol. The quantitative estimate of drug-likeness (QED) is 0.308. The molecule has 0 fully saturated rings. The van der Waals surface area contributed by atoms with Crippen LogP contribution < -0.4 is 15.8 Å². The molecule has 2 heterocycles. The van der Waals surface area contributed by atoms with E-state index >= 15 is 0 Å². The second-order valence-electron chi connectivity index (χ2n) is 10.3. The Bertz CT molecular complexity index is 1550. The summed E-state index contributed by atoms with van der Waals surface area (Å²) in [6.07, 6.45) is 3.38. The minimum atomic E-state index is -1.22. The number of pyridine rings is 1. The Hall–Kier alpha value is -4.86. The summed E-state index contributed by atoms with van der Waals surface area (Å²) in [6, 6.07) is 16.2. The molecule has 2 aromatic heterocycles. The van der Waals surface area contributed by atoms with Crippen molar-refractivity contribution in [1.82, 2.24) is 20.5 Å². The molecular formula is C30H30FN5O4. The van der Waals surface area contributed by atoms with Gasteiger partial charge in [0.25, 0.3) is 11.5 Å². The number of rotatable bonds is 8. The average Bonchev–Trinajstić information content (AvgIpc) is 2.91. The summed E-state index contributed by atoms with van der Waals surface area (Å²) >= 11 is 0. The lowest BCUT2D eigenvalue weighted by Crippen LogP contribution is -2.45. The molecule has 3 N–H and O–H groups in total. The molecule has 2 aromatic carbocycles. The molecule has 4 aromatic rings. The highest BCUT2D eigenvalue weighted by molar-refractivity contribution is 6.10. The first-order chi connectivity index (χ1) is 19.0. The third kappa shape index (κ3) is 6.58. The lowest BCUT2D eigenvalue weighted by molar-refractivity contribution is -0.122. The van der Waals surface area contributed by atoms with E-state index in [2.05, 4.69) is 41.3 Å². The van der Waals surface area contributed by atoms with Gasteiger partial charge in [0.15, 0.2) is 11.4 Å². The van der Waals surface area contributed by atoms with Gasteiger partial charge in [-0.1, -0.05) is 51.1 Å². The van der Waals surface area contributed by atoms with E-state index in [9.17, 15) is 23.9 Å². The third-order valence-corrected chi connectivity index (χ3v) is 6.33. The van der Waals surface area contributed by atoms with Crippen molar-refractivity contribution in [3.63, 3.8) is 0 Å². The van der Waals surface area contributed by atoms with E-state index in [1.54, 1.807) is 42.6 Å². The summed E-state index contributed by atoms with van der Waals surface area (Å²) in [4.78, 5) is 44.7. The first-order valence-corrected chi connectivity index (χ1v) is 12.7. The summed E-state index contributed by atoms with van der Waals surface area (Å²) in [5, 5.41) is 19.2. The number of amides is 2. The molecule has 0 saturated heterocycles. The van der Waals surface area contributed by atoms with Gasteiger partial charge in [-0.05, 0) is 53.3 Å².